The number of para-hydroxylation sites is 2. The van der Waals surface area contributed by atoms with E-state index in [2.05, 4.69) is 46.7 Å². The minimum Gasteiger partial charge on any atom is -0.477 e. The zero-order valence-corrected chi connectivity index (χ0v) is 41.8. The van der Waals surface area contributed by atoms with E-state index >= 15 is 0 Å². The van der Waals surface area contributed by atoms with Crippen molar-refractivity contribution in [3.63, 3.8) is 0 Å². The summed E-state index contributed by atoms with van der Waals surface area (Å²) in [7, 11) is 0. The summed E-state index contributed by atoms with van der Waals surface area (Å²) in [6, 6.07) is 31.9. The third-order valence-electron chi connectivity index (χ3n) is 10.9. The third kappa shape index (κ3) is 11.5. The first-order valence-electron chi connectivity index (χ1n) is 22.8. The number of H-pyrrole nitrogens is 2. The van der Waals surface area contributed by atoms with Crippen molar-refractivity contribution in [3.8, 4) is 0 Å². The van der Waals surface area contributed by atoms with Crippen molar-refractivity contribution >= 4 is 114 Å². The van der Waals surface area contributed by atoms with Crippen LogP contribution in [0.25, 0.3) is 20.4 Å². The van der Waals surface area contributed by atoms with Gasteiger partial charge in [-0.3, -0.25) is 24.0 Å². The number of carboxylic acid groups (broad SMARTS) is 1. The van der Waals surface area contributed by atoms with Crippen LogP contribution in [-0.2, 0) is 15.0 Å². The number of ether oxygens (including phenoxy) is 2. The molecule has 6 heterocycles. The minimum absolute atomic E-state index is 0.0164. The number of rotatable bonds is 14. The SMILES string of the molecule is CCOC(=O)n1nc(NC(=O)c2ccccc2NC(=O)c2ccc[nH]2)c2cc(C(=O)NC(C)(C)c3ccccc3)sc21.CCOC(=O)n1nc(NC(=O)c2ccccc2NC(=O)c2ccc[nH]2)c2cc(C(=O)O)sc21. The lowest BCUT2D eigenvalue weighted by Crippen LogP contribution is -2.40. The Morgan fingerprint density at radius 3 is 1.44 bits per heavy atom. The highest BCUT2D eigenvalue weighted by atomic mass is 32.1. The molecule has 0 saturated carbocycles. The molecule has 0 atom stereocenters. The molecule has 9 aromatic rings. The van der Waals surface area contributed by atoms with Crippen molar-refractivity contribution in [3.05, 3.63) is 165 Å². The second-order valence-electron chi connectivity index (χ2n) is 16.4. The van der Waals surface area contributed by atoms with Crippen LogP contribution in [0.4, 0.5) is 32.6 Å². The molecule has 0 saturated heterocycles. The number of benzene rings is 3. The molecule has 75 heavy (non-hydrogen) atoms. The highest BCUT2D eigenvalue weighted by Crippen LogP contribution is 2.35. The van der Waals surface area contributed by atoms with Crippen molar-refractivity contribution in [1.29, 1.82) is 0 Å². The Hall–Kier alpha value is -9.68. The summed E-state index contributed by atoms with van der Waals surface area (Å²) in [5.74, 6) is -3.52. The third-order valence-corrected chi connectivity index (χ3v) is 13.2. The van der Waals surface area contributed by atoms with Crippen LogP contribution in [0.2, 0.25) is 0 Å². The molecule has 382 valence electrons. The number of nitrogens with zero attached hydrogens (tertiary/aromatic N) is 4. The first-order valence-corrected chi connectivity index (χ1v) is 24.4. The first kappa shape index (κ1) is 51.7. The Morgan fingerprint density at radius 1 is 0.560 bits per heavy atom. The van der Waals surface area contributed by atoms with Gasteiger partial charge in [0.05, 0.1) is 56.9 Å². The number of aromatic nitrogens is 6. The van der Waals surface area contributed by atoms with Crippen LogP contribution in [0, 0.1) is 0 Å². The molecule has 5 amide bonds. The topological polar surface area (TPSA) is 303 Å². The number of nitrogens with one attached hydrogen (secondary N) is 7. The molecule has 22 nitrogen and oxygen atoms in total. The fraction of sp³-hybridized carbons (Fsp3) is 0.137. The molecule has 0 spiro atoms. The zero-order valence-electron chi connectivity index (χ0n) is 40.2. The Labute approximate surface area is 433 Å². The van der Waals surface area contributed by atoms with E-state index in [0.29, 0.717) is 26.5 Å². The van der Waals surface area contributed by atoms with Gasteiger partial charge >= 0.3 is 18.2 Å². The zero-order chi connectivity index (χ0) is 53.4. The van der Waals surface area contributed by atoms with Gasteiger partial charge < -0.3 is 51.1 Å². The fourth-order valence-electron chi connectivity index (χ4n) is 7.36. The van der Waals surface area contributed by atoms with Gasteiger partial charge in [0.25, 0.3) is 29.5 Å². The molecule has 0 aliphatic heterocycles. The van der Waals surface area contributed by atoms with Gasteiger partial charge in [-0.15, -0.1) is 32.9 Å². The van der Waals surface area contributed by atoms with Gasteiger partial charge in [0, 0.05) is 12.4 Å². The number of carbonyl (C=O) groups excluding carboxylic acids is 7. The van der Waals surface area contributed by atoms with Crippen molar-refractivity contribution in [1.82, 2.24) is 34.8 Å². The Balaban J connectivity index is 0.000000205. The molecule has 0 unspecified atom stereocenters. The number of carboxylic acids is 1. The van der Waals surface area contributed by atoms with Gasteiger partial charge in [-0.1, -0.05) is 54.6 Å². The van der Waals surface area contributed by atoms with E-state index in [4.69, 9.17) is 9.47 Å². The number of anilines is 4. The number of aromatic carboxylic acids is 1. The van der Waals surface area contributed by atoms with E-state index in [1.807, 2.05) is 44.2 Å². The number of fused-ring (bicyclic) bond motifs is 2. The summed E-state index contributed by atoms with van der Waals surface area (Å²) in [5.41, 5.74) is 1.76. The van der Waals surface area contributed by atoms with Crippen molar-refractivity contribution < 1.29 is 52.9 Å². The van der Waals surface area contributed by atoms with E-state index in [1.165, 1.54) is 12.1 Å². The maximum Gasteiger partial charge on any atom is 0.436 e. The Morgan fingerprint density at radius 2 is 1.00 bits per heavy atom. The lowest BCUT2D eigenvalue weighted by atomic mass is 9.94. The van der Waals surface area contributed by atoms with Gasteiger partial charge in [-0.05, 0) is 93.9 Å². The van der Waals surface area contributed by atoms with Crippen LogP contribution in [-0.4, -0.2) is 95.5 Å². The molecule has 8 N–H and O–H groups in total. The van der Waals surface area contributed by atoms with Crippen LogP contribution >= 0.6 is 22.7 Å². The number of thiophene rings is 2. The van der Waals surface area contributed by atoms with Gasteiger partial charge in [0.15, 0.2) is 11.6 Å². The predicted octanol–water partition coefficient (Wildman–Crippen LogP) is 9.23. The molecule has 0 radical (unpaired) electrons. The first-order chi connectivity index (χ1) is 36.1. The largest absolute Gasteiger partial charge is 0.477 e. The van der Waals surface area contributed by atoms with E-state index < -0.39 is 47.3 Å². The van der Waals surface area contributed by atoms with Crippen LogP contribution in [0.3, 0.4) is 0 Å². The summed E-state index contributed by atoms with van der Waals surface area (Å²) in [6.45, 7) is 7.28. The summed E-state index contributed by atoms with van der Waals surface area (Å²) >= 11 is 1.88. The number of hydrogen-bond donors (Lipinski definition) is 8. The second kappa shape index (κ2) is 22.4. The highest BCUT2D eigenvalue weighted by molar-refractivity contribution is 7.21. The molecule has 6 aromatic heterocycles. The standard InChI is InChI=1S/C30H28N6O5S.C21H17N5O6S/c1-4-41-29(40)36-28-20(17-23(42-28)27(39)34-30(2,3)18-11-6-5-7-12-18)24(35-36)33-25(37)19-13-8-9-14-21(19)32-26(38)22-15-10-16-31-22;1-2-32-21(31)26-19-12(10-15(33-19)20(29)30)16(25-26)24-17(27)11-6-3-4-7-13(11)23-18(28)14-8-5-9-22-14/h5-17,31H,4H2,1-3H3,(H,32,38)(H,34,39)(H,33,35,37);3-10,22H,2H2,1H3,(H,23,28)(H,29,30)(H,24,25,27). The van der Waals surface area contributed by atoms with Gasteiger partial charge in [-0.25, -0.2) is 14.4 Å². The van der Waals surface area contributed by atoms with Crippen molar-refractivity contribution in [2.75, 3.05) is 34.5 Å². The van der Waals surface area contributed by atoms with E-state index in [0.717, 1.165) is 37.6 Å². The lowest BCUT2D eigenvalue weighted by molar-refractivity contribution is 0.0700. The predicted molar refractivity (Wildman–Crippen MR) is 280 cm³/mol. The van der Waals surface area contributed by atoms with Gasteiger partial charge in [0.1, 0.15) is 25.9 Å². The quantitative estimate of drug-likeness (QED) is 0.0504. The average Bonchev–Trinajstić information content (AvgIpc) is 4.28. The molecule has 3 aromatic carbocycles. The van der Waals surface area contributed by atoms with Crippen molar-refractivity contribution in [2.45, 2.75) is 33.2 Å². The average molecular weight is 1050 g/mol. The molecular formula is C51H45N11O11S2. The summed E-state index contributed by atoms with van der Waals surface area (Å²) in [4.78, 5) is 108. The smallest absolute Gasteiger partial charge is 0.436 e. The lowest BCUT2D eigenvalue weighted by Gasteiger charge is -2.26. The molecule has 0 aliphatic carbocycles. The highest BCUT2D eigenvalue weighted by Gasteiger charge is 2.29. The Kier molecular flexibility index (Phi) is 15.4. The number of carbonyl (C=O) groups is 8. The Bertz CT molecular complexity index is 3610. The molecule has 24 heteroatoms. The number of aromatic amines is 2. The second-order valence-corrected chi connectivity index (χ2v) is 18.5. The summed E-state index contributed by atoms with van der Waals surface area (Å²) in [6.07, 6.45) is 1.67. The summed E-state index contributed by atoms with van der Waals surface area (Å²) < 4.78 is 12.0. The van der Waals surface area contributed by atoms with Crippen molar-refractivity contribution in [2.24, 2.45) is 0 Å². The molecule has 9 rings (SSSR count). The summed E-state index contributed by atoms with van der Waals surface area (Å²) in [5, 5.41) is 32.1. The molecular weight excluding hydrogens is 1010 g/mol. The fourth-order valence-corrected chi connectivity index (χ4v) is 9.29. The maximum atomic E-state index is 13.4. The monoisotopic (exact) mass is 1050 g/mol. The van der Waals surface area contributed by atoms with Crippen LogP contribution in [0.15, 0.2) is 128 Å². The number of hydrogen-bond acceptors (Lipinski definition) is 14. The number of amides is 5. The molecule has 0 bridgehead atoms. The van der Waals surface area contributed by atoms with Gasteiger partial charge in [-0.2, -0.15) is 9.36 Å². The van der Waals surface area contributed by atoms with E-state index in [-0.39, 0.29) is 68.4 Å². The van der Waals surface area contributed by atoms with E-state index in [9.17, 15) is 43.5 Å². The van der Waals surface area contributed by atoms with E-state index in [1.54, 1.807) is 99.0 Å². The molecule has 0 fully saturated rings. The van der Waals surface area contributed by atoms with Crippen LogP contribution < -0.4 is 26.6 Å². The van der Waals surface area contributed by atoms with Crippen LogP contribution in [0.1, 0.15) is 94.3 Å². The maximum absolute atomic E-state index is 13.4. The van der Waals surface area contributed by atoms with Gasteiger partial charge in [0.2, 0.25) is 0 Å². The van der Waals surface area contributed by atoms with Crippen LogP contribution in [0.5, 0.6) is 0 Å². The normalized spacial score (nSPS) is 11.0. The minimum atomic E-state index is -1.18. The molecule has 0 aliphatic rings.